The molecule has 3 heterocycles. The van der Waals surface area contributed by atoms with E-state index in [0.717, 1.165) is 4.90 Å². The molecule has 3 aromatic rings. The van der Waals surface area contributed by atoms with E-state index in [4.69, 9.17) is 23.9 Å². The van der Waals surface area contributed by atoms with Gasteiger partial charge in [0.25, 0.3) is 5.91 Å². The van der Waals surface area contributed by atoms with Gasteiger partial charge in [-0.05, 0) is 127 Å². The standard InChI is InChI=1S/C49H62F3N5O11S/c1-27(2)67-32-16-14-30(15-17-32)38-40(66-9)36-23-33(65-8)18-19-35(36)42(53-38)68-34-24-37-41(58)54-48(44(60)55-69(63,64)47(7)20-21-47)25-31(48)13-11-10-12-28(3)22-29(4)39(43(59)56(37)26-34)57(45(61)62)46(5,6)49(50,51)52/h11,13-19,23,27-29,31,34,37,39H,10,12,20-22,24-26H2,1-9H3,(H,54,58)(H,55,60)(H,61,62)/b13-11-/t28-,29+,31+,34+,37-,39-,48+/m0/s1. The number of halogens is 3. The molecule has 2 aliphatic heterocycles. The second kappa shape index (κ2) is 18.8. The van der Waals surface area contributed by atoms with Crippen molar-refractivity contribution >= 4 is 44.6 Å². The number of methoxy groups -OCH3 is 2. The van der Waals surface area contributed by atoms with Gasteiger partial charge in [0.2, 0.25) is 27.7 Å². The van der Waals surface area contributed by atoms with Crippen molar-refractivity contribution in [3.63, 3.8) is 0 Å². The van der Waals surface area contributed by atoms with Gasteiger partial charge in [-0.15, -0.1) is 0 Å². The monoisotopic (exact) mass is 985 g/mol. The van der Waals surface area contributed by atoms with Crippen molar-refractivity contribution in [3.05, 3.63) is 54.6 Å². The smallest absolute Gasteiger partial charge is 0.411 e. The van der Waals surface area contributed by atoms with Crippen molar-refractivity contribution in [3.8, 4) is 34.4 Å². The van der Waals surface area contributed by atoms with E-state index in [1.807, 2.05) is 20.8 Å². The third-order valence-electron chi connectivity index (χ3n) is 14.1. The van der Waals surface area contributed by atoms with Crippen LogP contribution in [-0.2, 0) is 24.4 Å². The largest absolute Gasteiger partial charge is 0.497 e. The second-order valence-corrected chi connectivity index (χ2v) is 22.2. The van der Waals surface area contributed by atoms with Crippen LogP contribution in [0.2, 0.25) is 0 Å². The van der Waals surface area contributed by atoms with Crippen LogP contribution in [0.1, 0.15) is 93.4 Å². The van der Waals surface area contributed by atoms with Gasteiger partial charge in [0.1, 0.15) is 46.5 Å². The van der Waals surface area contributed by atoms with Gasteiger partial charge in [0, 0.05) is 28.7 Å². The zero-order chi connectivity index (χ0) is 50.6. The number of allylic oxidation sites excluding steroid dienone is 1. The molecule has 7 atom stereocenters. The Bertz CT molecular complexity index is 2620. The molecule has 0 radical (unpaired) electrons. The highest BCUT2D eigenvalue weighted by Gasteiger charge is 2.64. The summed E-state index contributed by atoms with van der Waals surface area (Å²) >= 11 is 0. The molecule has 69 heavy (non-hydrogen) atoms. The van der Waals surface area contributed by atoms with E-state index >= 15 is 4.79 Å². The molecule has 4 aliphatic rings. The average Bonchev–Trinajstić information content (AvgIpc) is 4.15. The first-order valence-corrected chi connectivity index (χ1v) is 24.7. The Kier molecular flexibility index (Phi) is 13.9. The van der Waals surface area contributed by atoms with Crippen LogP contribution in [-0.4, -0.2) is 119 Å². The number of hydrogen-bond donors (Lipinski definition) is 3. The van der Waals surface area contributed by atoms with Gasteiger partial charge in [-0.1, -0.05) is 26.0 Å². The number of carbonyl (C=O) groups is 4. The van der Waals surface area contributed by atoms with Gasteiger partial charge in [0.15, 0.2) is 5.75 Å². The number of carboxylic acid groups (broad SMARTS) is 1. The summed E-state index contributed by atoms with van der Waals surface area (Å²) in [6.07, 6.45) is -3.30. The molecular weight excluding hydrogens is 924 g/mol. The topological polar surface area (TPSA) is 203 Å². The summed E-state index contributed by atoms with van der Waals surface area (Å²) in [4.78, 5) is 63.7. The average molecular weight is 986 g/mol. The summed E-state index contributed by atoms with van der Waals surface area (Å²) in [5.74, 6) is -3.32. The Hall–Kier alpha value is -5.79. The molecule has 1 aromatic heterocycles. The number of benzene rings is 2. The van der Waals surface area contributed by atoms with E-state index in [0.29, 0.717) is 78.8 Å². The SMILES string of the molecule is COc1ccc2c(O[C@@H]3C[C@H]4C(=O)N[C@]5(C(=O)NS(=O)(=O)C6(C)CC6)C[C@H]5/C=C\CC[C@H](C)C[C@@H](C)[C@H](N(C(=O)O)C(C)(C)C(F)(F)F)C(=O)N4C3)nc(-c3ccc(OC(C)C)cc3)c(OC)c2c1. The summed E-state index contributed by atoms with van der Waals surface area (Å²) in [5.41, 5.74) is -3.89. The number of amides is 4. The van der Waals surface area contributed by atoms with E-state index in [1.165, 1.54) is 28.1 Å². The van der Waals surface area contributed by atoms with E-state index in [1.54, 1.807) is 54.6 Å². The number of alkyl halides is 3. The molecular formula is C49H62F3N5O11S. The van der Waals surface area contributed by atoms with Crippen molar-refractivity contribution in [2.45, 2.75) is 140 Å². The van der Waals surface area contributed by atoms with Crippen LogP contribution in [0.5, 0.6) is 23.1 Å². The number of aromatic nitrogens is 1. The molecule has 3 fully saturated rings. The van der Waals surface area contributed by atoms with Gasteiger partial charge in [0.05, 0.1) is 31.6 Å². The van der Waals surface area contributed by atoms with Gasteiger partial charge in [-0.25, -0.2) is 18.2 Å². The van der Waals surface area contributed by atoms with E-state index < -0.39 is 92.4 Å². The van der Waals surface area contributed by atoms with Gasteiger partial charge in [-0.3, -0.25) is 24.0 Å². The normalized spacial score (nSPS) is 26.7. The number of pyridine rings is 1. The summed E-state index contributed by atoms with van der Waals surface area (Å²) in [5, 5.41) is 14.4. The number of carbonyl (C=O) groups excluding carboxylic acids is 3. The highest BCUT2D eigenvalue weighted by molar-refractivity contribution is 7.91. The fourth-order valence-corrected chi connectivity index (χ4v) is 10.9. The van der Waals surface area contributed by atoms with Gasteiger partial charge < -0.3 is 34.3 Å². The molecule has 376 valence electrons. The summed E-state index contributed by atoms with van der Waals surface area (Å²) in [7, 11) is -1.18. The van der Waals surface area contributed by atoms with Crippen LogP contribution < -0.4 is 29.0 Å². The summed E-state index contributed by atoms with van der Waals surface area (Å²) in [6, 6.07) is 8.71. The number of sulfonamides is 1. The lowest BCUT2D eigenvalue weighted by atomic mass is 9.85. The highest BCUT2D eigenvalue weighted by atomic mass is 32.2. The zero-order valence-electron chi connectivity index (χ0n) is 40.3. The minimum atomic E-state index is -5.13. The van der Waals surface area contributed by atoms with Crippen LogP contribution in [0, 0.1) is 17.8 Å². The summed E-state index contributed by atoms with van der Waals surface area (Å²) < 4.78 is 96.6. The highest BCUT2D eigenvalue weighted by Crippen LogP contribution is 2.49. The molecule has 7 rings (SSSR count). The van der Waals surface area contributed by atoms with Crippen LogP contribution in [0.4, 0.5) is 18.0 Å². The van der Waals surface area contributed by atoms with Crippen LogP contribution in [0.25, 0.3) is 22.0 Å². The lowest BCUT2D eigenvalue weighted by Crippen LogP contribution is -2.66. The second-order valence-electron chi connectivity index (χ2n) is 20.0. The van der Waals surface area contributed by atoms with E-state index in [9.17, 15) is 41.1 Å². The molecule has 2 aromatic carbocycles. The lowest BCUT2D eigenvalue weighted by Gasteiger charge is -2.45. The van der Waals surface area contributed by atoms with E-state index in [2.05, 4.69) is 10.0 Å². The maximum Gasteiger partial charge on any atom is 0.411 e. The molecule has 4 amide bonds. The molecule has 0 unspecified atom stereocenters. The van der Waals surface area contributed by atoms with Crippen molar-refractivity contribution in [1.82, 2.24) is 24.8 Å². The van der Waals surface area contributed by atoms with Crippen molar-refractivity contribution in [2.75, 3.05) is 20.8 Å². The molecule has 0 bridgehead atoms. The Labute approximate surface area is 400 Å². The molecule has 3 N–H and O–H groups in total. The first kappa shape index (κ1) is 51.1. The fraction of sp³-hybridized carbons (Fsp3) is 0.571. The van der Waals surface area contributed by atoms with Crippen molar-refractivity contribution in [1.29, 1.82) is 0 Å². The van der Waals surface area contributed by atoms with Gasteiger partial charge in [-0.2, -0.15) is 13.2 Å². The third kappa shape index (κ3) is 10.00. The van der Waals surface area contributed by atoms with Crippen molar-refractivity contribution in [2.24, 2.45) is 17.8 Å². The molecule has 0 spiro atoms. The first-order chi connectivity index (χ1) is 32.3. The maximum absolute atomic E-state index is 15.3. The van der Waals surface area contributed by atoms with Crippen molar-refractivity contribution < 1.29 is 64.8 Å². The maximum atomic E-state index is 15.3. The number of nitrogens with zero attached hydrogens (tertiary/aromatic N) is 3. The fourth-order valence-electron chi connectivity index (χ4n) is 9.56. The predicted octanol–water partition coefficient (Wildman–Crippen LogP) is 7.63. The molecule has 1 saturated heterocycles. The molecule has 20 heteroatoms. The minimum absolute atomic E-state index is 0.0221. The third-order valence-corrected chi connectivity index (χ3v) is 16.3. The van der Waals surface area contributed by atoms with Crippen LogP contribution in [0.3, 0.4) is 0 Å². The van der Waals surface area contributed by atoms with Crippen LogP contribution >= 0.6 is 0 Å². The van der Waals surface area contributed by atoms with E-state index in [-0.39, 0.29) is 42.1 Å². The molecule has 16 nitrogen and oxygen atoms in total. The number of hydrogen-bond acceptors (Lipinski definition) is 11. The first-order valence-electron chi connectivity index (χ1n) is 23.2. The lowest BCUT2D eigenvalue weighted by molar-refractivity contribution is -0.222. The Morgan fingerprint density at radius 1 is 1.00 bits per heavy atom. The summed E-state index contributed by atoms with van der Waals surface area (Å²) in [6.45, 7) is 9.63. The number of nitrogens with one attached hydrogen (secondary N) is 2. The van der Waals surface area contributed by atoms with Gasteiger partial charge >= 0.3 is 12.3 Å². The van der Waals surface area contributed by atoms with Crippen LogP contribution in [0.15, 0.2) is 54.6 Å². The number of rotatable bonds is 12. The molecule has 2 aliphatic carbocycles. The quantitative estimate of drug-likeness (QED) is 0.150. The predicted molar refractivity (Wildman–Crippen MR) is 249 cm³/mol. The Morgan fingerprint density at radius 2 is 1.67 bits per heavy atom. The number of ether oxygens (including phenoxy) is 4. The minimum Gasteiger partial charge on any atom is -0.497 e. The Balaban J connectivity index is 1.34. The zero-order valence-corrected chi connectivity index (χ0v) is 41.1. The molecule has 2 saturated carbocycles. The number of fused-ring (bicyclic) bond motifs is 3. The Morgan fingerprint density at radius 3 is 2.26 bits per heavy atom.